The molecule has 102 valence electrons. The number of hydrogen-bond acceptors (Lipinski definition) is 2. The van der Waals surface area contributed by atoms with E-state index in [0.29, 0.717) is 5.92 Å². The summed E-state index contributed by atoms with van der Waals surface area (Å²) in [6.45, 7) is 6.22. The van der Waals surface area contributed by atoms with Crippen LogP contribution in [0.1, 0.15) is 43.3 Å². The minimum atomic E-state index is 0.594. The summed E-state index contributed by atoms with van der Waals surface area (Å²) < 4.78 is 5.66. The van der Waals surface area contributed by atoms with Crippen molar-refractivity contribution in [2.24, 2.45) is 0 Å². The highest BCUT2D eigenvalue weighted by molar-refractivity contribution is 5.18. The molecule has 0 amide bonds. The van der Waals surface area contributed by atoms with Gasteiger partial charge in [0.2, 0.25) is 0 Å². The van der Waals surface area contributed by atoms with Gasteiger partial charge in [-0.15, -0.1) is 0 Å². The van der Waals surface area contributed by atoms with E-state index < -0.39 is 0 Å². The average molecular weight is 257 g/mol. The van der Waals surface area contributed by atoms with E-state index >= 15 is 0 Å². The Morgan fingerprint density at radius 1 is 1.05 bits per heavy atom. The molecule has 1 atom stereocenters. The van der Waals surface area contributed by atoms with Crippen molar-refractivity contribution in [3.05, 3.63) is 59.5 Å². The van der Waals surface area contributed by atoms with Crippen molar-refractivity contribution < 1.29 is 4.42 Å². The Bertz CT molecular complexity index is 475. The van der Waals surface area contributed by atoms with Crippen molar-refractivity contribution in [1.29, 1.82) is 0 Å². The monoisotopic (exact) mass is 257 g/mol. The van der Waals surface area contributed by atoms with E-state index in [2.05, 4.69) is 61.6 Å². The zero-order chi connectivity index (χ0) is 13.5. The van der Waals surface area contributed by atoms with Gasteiger partial charge in [0.1, 0.15) is 11.5 Å². The number of hydrogen-bond donors (Lipinski definition) is 1. The zero-order valence-electron chi connectivity index (χ0n) is 11.9. The van der Waals surface area contributed by atoms with Crippen LogP contribution in [0.3, 0.4) is 0 Å². The highest BCUT2D eigenvalue weighted by Gasteiger charge is 2.04. The molecule has 1 N–H and O–H groups in total. The molecule has 0 bridgehead atoms. The van der Waals surface area contributed by atoms with Crippen molar-refractivity contribution in [3.63, 3.8) is 0 Å². The van der Waals surface area contributed by atoms with Crippen molar-refractivity contribution in [1.82, 2.24) is 5.32 Å². The smallest absolute Gasteiger partial charge is 0.117 e. The van der Waals surface area contributed by atoms with Gasteiger partial charge in [-0.05, 0) is 36.6 Å². The van der Waals surface area contributed by atoms with Gasteiger partial charge in [0.05, 0.1) is 6.54 Å². The van der Waals surface area contributed by atoms with Gasteiger partial charge in [-0.1, -0.05) is 44.2 Å². The highest BCUT2D eigenvalue weighted by Crippen LogP contribution is 2.17. The number of furan rings is 1. The Morgan fingerprint density at radius 3 is 2.47 bits per heavy atom. The van der Waals surface area contributed by atoms with Crippen LogP contribution < -0.4 is 5.32 Å². The number of rotatable bonds is 7. The third-order valence-electron chi connectivity index (χ3n) is 3.49. The quantitative estimate of drug-likeness (QED) is 0.755. The van der Waals surface area contributed by atoms with Gasteiger partial charge in [-0.2, -0.15) is 0 Å². The lowest BCUT2D eigenvalue weighted by molar-refractivity contribution is 0.446. The van der Waals surface area contributed by atoms with Gasteiger partial charge in [0.25, 0.3) is 0 Å². The van der Waals surface area contributed by atoms with Gasteiger partial charge in [-0.3, -0.25) is 0 Å². The Labute approximate surface area is 115 Å². The summed E-state index contributed by atoms with van der Waals surface area (Å²) >= 11 is 0. The van der Waals surface area contributed by atoms with Crippen LogP contribution in [-0.2, 0) is 13.0 Å². The average Bonchev–Trinajstić information content (AvgIpc) is 2.92. The van der Waals surface area contributed by atoms with E-state index in [9.17, 15) is 0 Å². The third kappa shape index (κ3) is 4.25. The summed E-state index contributed by atoms with van der Waals surface area (Å²) in [5.41, 5.74) is 1.41. The Balaban J connectivity index is 1.69. The lowest BCUT2D eigenvalue weighted by atomic mass is 9.98. The van der Waals surface area contributed by atoms with E-state index in [1.165, 1.54) is 5.56 Å². The topological polar surface area (TPSA) is 25.2 Å². The largest absolute Gasteiger partial charge is 0.465 e. The van der Waals surface area contributed by atoms with Crippen molar-refractivity contribution in [2.75, 3.05) is 6.54 Å². The van der Waals surface area contributed by atoms with E-state index in [4.69, 9.17) is 4.42 Å². The molecule has 19 heavy (non-hydrogen) atoms. The van der Waals surface area contributed by atoms with E-state index in [1.54, 1.807) is 0 Å². The molecule has 1 heterocycles. The molecular weight excluding hydrogens is 234 g/mol. The first kappa shape index (κ1) is 13.9. The van der Waals surface area contributed by atoms with Crippen LogP contribution in [0.2, 0.25) is 0 Å². The fourth-order valence-corrected chi connectivity index (χ4v) is 2.19. The summed E-state index contributed by atoms with van der Waals surface area (Å²) in [4.78, 5) is 0. The normalized spacial score (nSPS) is 12.5. The van der Waals surface area contributed by atoms with E-state index in [0.717, 1.165) is 37.5 Å². The fraction of sp³-hybridized carbons (Fsp3) is 0.412. The first-order valence-corrected chi connectivity index (χ1v) is 7.13. The standard InChI is InChI=1S/C17H23NO/c1-3-16-9-10-17(19-16)13-18-12-11-14(2)15-7-5-4-6-8-15/h4-10,14,18H,3,11-13H2,1-2H3. The maximum Gasteiger partial charge on any atom is 0.117 e. The van der Waals surface area contributed by atoms with Gasteiger partial charge in [-0.25, -0.2) is 0 Å². The van der Waals surface area contributed by atoms with Crippen molar-refractivity contribution >= 4 is 0 Å². The molecule has 2 nitrogen and oxygen atoms in total. The number of nitrogens with one attached hydrogen (secondary N) is 1. The minimum Gasteiger partial charge on any atom is -0.465 e. The highest BCUT2D eigenvalue weighted by atomic mass is 16.3. The Morgan fingerprint density at radius 2 is 1.79 bits per heavy atom. The molecule has 1 aromatic carbocycles. The van der Waals surface area contributed by atoms with Gasteiger partial charge < -0.3 is 9.73 Å². The molecule has 0 saturated carbocycles. The predicted molar refractivity (Wildman–Crippen MR) is 79.3 cm³/mol. The van der Waals surface area contributed by atoms with E-state index in [-0.39, 0.29) is 0 Å². The molecule has 0 aliphatic rings. The maximum atomic E-state index is 5.66. The summed E-state index contributed by atoms with van der Waals surface area (Å²) in [6.07, 6.45) is 2.11. The lowest BCUT2D eigenvalue weighted by Crippen LogP contribution is -2.16. The molecule has 1 aromatic heterocycles. The lowest BCUT2D eigenvalue weighted by Gasteiger charge is -2.11. The first-order valence-electron chi connectivity index (χ1n) is 7.13. The molecular formula is C17H23NO. The zero-order valence-corrected chi connectivity index (χ0v) is 11.9. The van der Waals surface area contributed by atoms with Crippen LogP contribution in [0.15, 0.2) is 46.9 Å². The van der Waals surface area contributed by atoms with Crippen molar-refractivity contribution in [2.45, 2.75) is 39.2 Å². The van der Waals surface area contributed by atoms with Crippen LogP contribution in [0, 0.1) is 0 Å². The molecule has 0 aliphatic carbocycles. The second kappa shape index (κ2) is 7.15. The molecule has 0 radical (unpaired) electrons. The molecule has 0 spiro atoms. The summed E-state index contributed by atoms with van der Waals surface area (Å²) in [5, 5.41) is 3.45. The van der Waals surface area contributed by atoms with E-state index in [1.807, 2.05) is 0 Å². The van der Waals surface area contributed by atoms with Crippen LogP contribution in [0.25, 0.3) is 0 Å². The van der Waals surface area contributed by atoms with Crippen LogP contribution in [0.5, 0.6) is 0 Å². The van der Waals surface area contributed by atoms with Gasteiger partial charge >= 0.3 is 0 Å². The second-order valence-corrected chi connectivity index (χ2v) is 5.00. The molecule has 0 fully saturated rings. The Hall–Kier alpha value is -1.54. The van der Waals surface area contributed by atoms with Gasteiger partial charge in [0.15, 0.2) is 0 Å². The Kier molecular flexibility index (Phi) is 5.22. The molecule has 1 unspecified atom stereocenters. The number of aryl methyl sites for hydroxylation is 1. The van der Waals surface area contributed by atoms with Crippen LogP contribution in [-0.4, -0.2) is 6.54 Å². The summed E-state index contributed by atoms with van der Waals surface area (Å²) in [7, 11) is 0. The fourth-order valence-electron chi connectivity index (χ4n) is 2.19. The number of benzene rings is 1. The first-order chi connectivity index (χ1) is 9.29. The molecule has 0 aliphatic heterocycles. The maximum absolute atomic E-state index is 5.66. The van der Waals surface area contributed by atoms with Crippen LogP contribution in [0.4, 0.5) is 0 Å². The predicted octanol–water partition coefficient (Wildman–Crippen LogP) is 4.13. The molecule has 2 heteroatoms. The van der Waals surface area contributed by atoms with Gasteiger partial charge in [0, 0.05) is 6.42 Å². The summed E-state index contributed by atoms with van der Waals surface area (Å²) in [6, 6.07) is 14.8. The molecule has 2 aromatic rings. The minimum absolute atomic E-state index is 0.594. The van der Waals surface area contributed by atoms with Crippen molar-refractivity contribution in [3.8, 4) is 0 Å². The van der Waals surface area contributed by atoms with Crippen LogP contribution >= 0.6 is 0 Å². The second-order valence-electron chi connectivity index (χ2n) is 5.00. The SMILES string of the molecule is CCc1ccc(CNCCC(C)c2ccccc2)o1. The molecule has 2 rings (SSSR count). The molecule has 0 saturated heterocycles. The summed E-state index contributed by atoms with van der Waals surface area (Å²) in [5.74, 6) is 2.69. The third-order valence-corrected chi connectivity index (χ3v) is 3.49.